The number of hydrogen-bond acceptors (Lipinski definition) is 14. The molecule has 11 atom stereocenters. The monoisotopic (exact) mass is 1150 g/mol. The number of unbranched alkanes of at least 4 members (excludes halogenated alkanes) is 39. The molecule has 0 bridgehead atoms. The summed E-state index contributed by atoms with van der Waals surface area (Å²) in [4.78, 5) is 13.1. The van der Waals surface area contributed by atoms with Crippen LogP contribution in [0.5, 0.6) is 0 Å². The molecule has 0 aliphatic carbocycles. The number of ether oxygens (including phenoxy) is 6. The molecule has 14 nitrogen and oxygen atoms in total. The normalized spacial score (nSPS) is 23.8. The molecule has 2 aliphatic rings. The van der Waals surface area contributed by atoms with Gasteiger partial charge in [-0.15, -0.1) is 0 Å². The van der Waals surface area contributed by atoms with Crippen LogP contribution in [0.25, 0.3) is 0 Å². The minimum Gasteiger partial charge on any atom is -0.457 e. The number of carbonyl (C=O) groups excluding carboxylic acids is 1. The van der Waals surface area contributed by atoms with Gasteiger partial charge >= 0.3 is 5.97 Å². The Hall–Kier alpha value is -1.53. The number of hydrogen-bond donors (Lipinski definition) is 7. The van der Waals surface area contributed by atoms with E-state index < -0.39 is 80.7 Å². The summed E-state index contributed by atoms with van der Waals surface area (Å²) in [6, 6.07) is 0. The Morgan fingerprint density at radius 2 is 0.728 bits per heavy atom. The van der Waals surface area contributed by atoms with Gasteiger partial charge in [0.05, 0.1) is 26.4 Å². The number of aliphatic hydroxyl groups is 7. The zero-order chi connectivity index (χ0) is 58.6. The number of rotatable bonds is 57. The van der Waals surface area contributed by atoms with Crippen LogP contribution in [0.2, 0.25) is 0 Å². The van der Waals surface area contributed by atoms with E-state index >= 15 is 0 Å². The summed E-state index contributed by atoms with van der Waals surface area (Å²) in [5, 5.41) is 72.6. The quantitative estimate of drug-likeness (QED) is 0.0171. The first-order valence-corrected chi connectivity index (χ1v) is 33.9. The Labute approximate surface area is 494 Å². The molecule has 0 radical (unpaired) electrons. The van der Waals surface area contributed by atoms with Crippen molar-refractivity contribution in [1.82, 2.24) is 0 Å². The predicted octanol–water partition coefficient (Wildman–Crippen LogP) is 13.9. The zero-order valence-corrected chi connectivity index (χ0v) is 51.8. The van der Waals surface area contributed by atoms with E-state index in [9.17, 15) is 40.5 Å². The van der Waals surface area contributed by atoms with E-state index in [1.54, 1.807) is 0 Å². The first-order valence-electron chi connectivity index (χ1n) is 33.9. The van der Waals surface area contributed by atoms with Crippen LogP contribution in [-0.2, 0) is 33.2 Å². The van der Waals surface area contributed by atoms with Crippen molar-refractivity contribution in [2.45, 2.75) is 364 Å². The first-order chi connectivity index (χ1) is 39.6. The average molecular weight is 1160 g/mol. The maximum absolute atomic E-state index is 13.1. The SMILES string of the molecule is CCCCCCCCCC/C=C\CCCCCCCCCCCCCCOCC(COC1OC(COC2OC(CO)C(O)C(O)C2O)C(O)C(O)C1O)OC(=O)CCCCCCCCCCCCC/C=C\CCCCCCCCCC. The van der Waals surface area contributed by atoms with Gasteiger partial charge < -0.3 is 64.2 Å². The van der Waals surface area contributed by atoms with E-state index in [0.29, 0.717) is 13.0 Å². The molecule has 2 heterocycles. The number of esters is 1. The summed E-state index contributed by atoms with van der Waals surface area (Å²) in [7, 11) is 0. The average Bonchev–Trinajstić information content (AvgIpc) is 3.46. The molecule has 2 saturated heterocycles. The highest BCUT2D eigenvalue weighted by Crippen LogP contribution is 2.27. The van der Waals surface area contributed by atoms with Crippen molar-refractivity contribution in [3.05, 3.63) is 24.3 Å². The molecule has 2 rings (SSSR count). The van der Waals surface area contributed by atoms with Crippen LogP contribution in [0.3, 0.4) is 0 Å². The van der Waals surface area contributed by atoms with Gasteiger partial charge in [0.1, 0.15) is 54.9 Å². The van der Waals surface area contributed by atoms with Crippen molar-refractivity contribution in [3.63, 3.8) is 0 Å². The lowest BCUT2D eigenvalue weighted by atomic mass is 9.98. The molecule has 0 aromatic carbocycles. The summed E-state index contributed by atoms with van der Waals surface area (Å²) >= 11 is 0. The van der Waals surface area contributed by atoms with Crippen LogP contribution >= 0.6 is 0 Å². The van der Waals surface area contributed by atoms with Crippen molar-refractivity contribution < 1.29 is 69.0 Å². The van der Waals surface area contributed by atoms with Gasteiger partial charge in [-0.25, -0.2) is 0 Å². The number of allylic oxidation sites excluding steroid dienone is 4. The fourth-order valence-corrected chi connectivity index (χ4v) is 11.0. The fourth-order valence-electron chi connectivity index (χ4n) is 11.0. The summed E-state index contributed by atoms with van der Waals surface area (Å²) < 4.78 is 34.5. The second kappa shape index (κ2) is 53.9. The van der Waals surface area contributed by atoms with Crippen molar-refractivity contribution in [2.24, 2.45) is 0 Å². The molecule has 7 N–H and O–H groups in total. The van der Waals surface area contributed by atoms with Gasteiger partial charge in [0.15, 0.2) is 12.6 Å². The molecule has 0 saturated carbocycles. The van der Waals surface area contributed by atoms with E-state index in [0.717, 1.165) is 38.5 Å². The molecule has 81 heavy (non-hydrogen) atoms. The van der Waals surface area contributed by atoms with E-state index in [2.05, 4.69) is 38.2 Å². The Morgan fingerprint density at radius 3 is 1.12 bits per heavy atom. The van der Waals surface area contributed by atoms with E-state index in [4.69, 9.17) is 28.4 Å². The second-order valence-corrected chi connectivity index (χ2v) is 24.0. The molecule has 0 aromatic heterocycles. The molecule has 0 spiro atoms. The molecule has 2 fully saturated rings. The maximum atomic E-state index is 13.1. The van der Waals surface area contributed by atoms with Crippen molar-refractivity contribution in [3.8, 4) is 0 Å². The highest BCUT2D eigenvalue weighted by atomic mass is 16.7. The van der Waals surface area contributed by atoms with Gasteiger partial charge in [-0.05, 0) is 64.2 Å². The molecule has 2 aliphatic heterocycles. The van der Waals surface area contributed by atoms with Crippen LogP contribution in [0.4, 0.5) is 0 Å². The van der Waals surface area contributed by atoms with Gasteiger partial charge in [-0.2, -0.15) is 0 Å². The molecule has 11 unspecified atom stereocenters. The predicted molar refractivity (Wildman–Crippen MR) is 326 cm³/mol. The van der Waals surface area contributed by atoms with Crippen LogP contribution in [0.15, 0.2) is 24.3 Å². The van der Waals surface area contributed by atoms with Crippen LogP contribution < -0.4 is 0 Å². The van der Waals surface area contributed by atoms with E-state index in [1.165, 1.54) is 231 Å². The Morgan fingerprint density at radius 1 is 0.395 bits per heavy atom. The third-order valence-electron chi connectivity index (χ3n) is 16.4. The summed E-state index contributed by atoms with van der Waals surface area (Å²) in [6.07, 6.45) is 48.2. The van der Waals surface area contributed by atoms with Crippen LogP contribution in [0.1, 0.15) is 296 Å². The fraction of sp³-hybridized carbons (Fsp3) is 0.925. The topological polar surface area (TPSA) is 214 Å². The number of carbonyl (C=O) groups is 1. The smallest absolute Gasteiger partial charge is 0.306 e. The third kappa shape index (κ3) is 39.7. The highest BCUT2D eigenvalue weighted by molar-refractivity contribution is 5.69. The minimum absolute atomic E-state index is 0.0654. The largest absolute Gasteiger partial charge is 0.457 e. The molecule has 0 aromatic rings. The lowest BCUT2D eigenvalue weighted by Gasteiger charge is -2.42. The molecule has 14 heteroatoms. The lowest BCUT2D eigenvalue weighted by molar-refractivity contribution is -0.332. The van der Waals surface area contributed by atoms with Crippen molar-refractivity contribution >= 4 is 5.97 Å². The second-order valence-electron chi connectivity index (χ2n) is 24.0. The zero-order valence-electron chi connectivity index (χ0n) is 51.8. The summed E-state index contributed by atoms with van der Waals surface area (Å²) in [5.74, 6) is -0.371. The third-order valence-corrected chi connectivity index (χ3v) is 16.4. The van der Waals surface area contributed by atoms with Gasteiger partial charge in [0.2, 0.25) is 0 Å². The Balaban J connectivity index is 1.65. The van der Waals surface area contributed by atoms with Gasteiger partial charge in [0, 0.05) is 13.0 Å². The van der Waals surface area contributed by atoms with E-state index in [-0.39, 0.29) is 25.6 Å². The van der Waals surface area contributed by atoms with Gasteiger partial charge in [-0.1, -0.05) is 250 Å². The summed E-state index contributed by atoms with van der Waals surface area (Å²) in [5.41, 5.74) is 0. The molecule has 0 amide bonds. The van der Waals surface area contributed by atoms with E-state index in [1.807, 2.05) is 0 Å². The highest BCUT2D eigenvalue weighted by Gasteiger charge is 2.47. The van der Waals surface area contributed by atoms with Crippen molar-refractivity contribution in [2.75, 3.05) is 33.0 Å². The number of aliphatic hydroxyl groups excluding tert-OH is 7. The lowest BCUT2D eigenvalue weighted by Crippen LogP contribution is -2.61. The molecular weight excluding hydrogens is 1030 g/mol. The van der Waals surface area contributed by atoms with Crippen molar-refractivity contribution in [1.29, 1.82) is 0 Å². The van der Waals surface area contributed by atoms with Crippen LogP contribution in [0, 0.1) is 0 Å². The molecule has 478 valence electrons. The Bertz CT molecular complexity index is 1430. The summed E-state index contributed by atoms with van der Waals surface area (Å²) in [6.45, 7) is 3.76. The molecular formula is C67H126O14. The maximum Gasteiger partial charge on any atom is 0.306 e. The first kappa shape index (κ1) is 75.6. The minimum atomic E-state index is -1.71. The Kier molecular flexibility index (Phi) is 50.3. The van der Waals surface area contributed by atoms with Crippen LogP contribution in [-0.4, -0.2) is 142 Å². The van der Waals surface area contributed by atoms with Gasteiger partial charge in [0.25, 0.3) is 0 Å². The standard InChI is InChI=1S/C67H126O14/c1-3-5-7-9-11-13-15-17-19-21-23-25-27-29-31-33-35-37-39-41-43-45-47-49-51-76-53-56(54-77-66-65(75)63(73)61(71)58(81-66)55-78-67-64(74)62(72)60(70)57(52-68)80-67)79-59(69)50-48-46-44-42-40-38-36-34-32-30-28-26-24-22-20-18-16-14-12-10-8-6-4-2/h21-24,56-58,60-68,70-75H,3-20,25-55H2,1-2H3/b23-21-,24-22-. The van der Waals surface area contributed by atoms with Gasteiger partial charge in [-0.3, -0.25) is 4.79 Å².